The summed E-state index contributed by atoms with van der Waals surface area (Å²) in [5.74, 6) is -2.04. The number of nitrogens with one attached hydrogen (secondary N) is 1. The molecule has 0 radical (unpaired) electrons. The molecular weight excluding hydrogens is 566 g/mol. The van der Waals surface area contributed by atoms with Gasteiger partial charge in [-0.1, -0.05) is 49.9 Å². The van der Waals surface area contributed by atoms with Crippen molar-refractivity contribution < 1.29 is 33.3 Å². The van der Waals surface area contributed by atoms with Crippen molar-refractivity contribution in [1.29, 1.82) is 0 Å². The molecule has 5 N–H and O–H groups in total. The molecular formula is C35H38F2N2O5. The minimum atomic E-state index is -2.18. The van der Waals surface area contributed by atoms with E-state index in [-0.39, 0.29) is 24.8 Å². The normalized spacial score (nSPS) is 42.1. The highest BCUT2D eigenvalue weighted by atomic mass is 19.1. The number of nitrogens with two attached hydrogens (primary N) is 1. The number of ether oxygens (including phenoxy) is 2. The molecule has 3 saturated carbocycles. The Hall–Kier alpha value is -3.37. The zero-order valence-electron chi connectivity index (χ0n) is 24.8. The summed E-state index contributed by atoms with van der Waals surface area (Å²) in [6, 6.07) is 14.7. The molecule has 0 spiro atoms. The fraction of sp³-hybridized carbons (Fsp3) is 0.457. The molecule has 4 fully saturated rings. The topological polar surface area (TPSA) is 114 Å². The van der Waals surface area contributed by atoms with Gasteiger partial charge in [-0.3, -0.25) is 4.79 Å². The fourth-order valence-electron chi connectivity index (χ4n) is 9.29. The van der Waals surface area contributed by atoms with Crippen LogP contribution in [-0.4, -0.2) is 52.3 Å². The van der Waals surface area contributed by atoms with Crippen LogP contribution in [0, 0.1) is 22.7 Å². The van der Waals surface area contributed by atoms with Crippen LogP contribution >= 0.6 is 0 Å². The van der Waals surface area contributed by atoms with E-state index >= 15 is 8.78 Å². The molecule has 1 heterocycles. The van der Waals surface area contributed by atoms with Crippen LogP contribution < -0.4 is 11.1 Å². The molecule has 9 heteroatoms. The second kappa shape index (κ2) is 9.81. The van der Waals surface area contributed by atoms with Crippen molar-refractivity contribution in [2.45, 2.75) is 69.0 Å². The van der Waals surface area contributed by atoms with E-state index in [0.717, 1.165) is 11.4 Å². The highest BCUT2D eigenvalue weighted by Crippen LogP contribution is 2.72. The van der Waals surface area contributed by atoms with E-state index in [2.05, 4.69) is 11.9 Å². The van der Waals surface area contributed by atoms with E-state index in [1.807, 2.05) is 42.5 Å². The molecule has 7 rings (SSSR count). The van der Waals surface area contributed by atoms with Crippen LogP contribution in [0.4, 0.5) is 25.8 Å². The molecule has 1 aliphatic heterocycles. The molecule has 4 aliphatic carbocycles. The Bertz CT molecular complexity index is 1590. The van der Waals surface area contributed by atoms with Crippen LogP contribution in [0.5, 0.6) is 0 Å². The average Bonchev–Trinajstić information content (AvgIpc) is 3.49. The maximum Gasteiger partial charge on any atom is 0.193 e. The van der Waals surface area contributed by atoms with Gasteiger partial charge in [0.2, 0.25) is 0 Å². The summed E-state index contributed by atoms with van der Waals surface area (Å²) in [6.45, 7) is 6.54. The van der Waals surface area contributed by atoms with E-state index in [0.29, 0.717) is 16.8 Å². The molecule has 7 nitrogen and oxygen atoms in total. The number of hydrogen-bond acceptors (Lipinski definition) is 7. The molecule has 1 saturated heterocycles. The number of ketones is 1. The summed E-state index contributed by atoms with van der Waals surface area (Å²) in [5.41, 5.74) is 3.36. The number of carbonyl (C=O) groups is 1. The van der Waals surface area contributed by atoms with Crippen molar-refractivity contribution in [1.82, 2.24) is 0 Å². The Kier molecular flexibility index (Phi) is 6.55. The second-order valence-electron chi connectivity index (χ2n) is 13.5. The summed E-state index contributed by atoms with van der Waals surface area (Å²) in [7, 11) is 0. The summed E-state index contributed by atoms with van der Waals surface area (Å²) in [5, 5.41) is 25.2. The lowest BCUT2D eigenvalue weighted by molar-refractivity contribution is -0.235. The van der Waals surface area contributed by atoms with Gasteiger partial charge in [-0.2, -0.15) is 0 Å². The largest absolute Gasteiger partial charge is 0.399 e. The first-order valence-corrected chi connectivity index (χ1v) is 15.2. The first-order valence-electron chi connectivity index (χ1n) is 15.2. The van der Waals surface area contributed by atoms with Gasteiger partial charge in [0.1, 0.15) is 12.8 Å². The van der Waals surface area contributed by atoms with Crippen molar-refractivity contribution in [2.75, 3.05) is 17.7 Å². The maximum atomic E-state index is 17.6. The van der Waals surface area contributed by atoms with Crippen LogP contribution in [0.25, 0.3) is 0 Å². The quantitative estimate of drug-likeness (QED) is 0.327. The Morgan fingerprint density at radius 1 is 1.14 bits per heavy atom. The van der Waals surface area contributed by atoms with Crippen LogP contribution in [0.2, 0.25) is 0 Å². The van der Waals surface area contributed by atoms with Gasteiger partial charge in [-0.15, -0.1) is 0 Å². The van der Waals surface area contributed by atoms with Crippen molar-refractivity contribution in [3.05, 3.63) is 90.0 Å². The number of hydrogen-bond donors (Lipinski definition) is 4. The third-order valence-electron chi connectivity index (χ3n) is 11.4. The third kappa shape index (κ3) is 3.76. The molecule has 5 aliphatic rings. The molecule has 0 unspecified atom stereocenters. The van der Waals surface area contributed by atoms with Crippen LogP contribution in [0.3, 0.4) is 0 Å². The minimum Gasteiger partial charge on any atom is -0.399 e. The second-order valence-corrected chi connectivity index (χ2v) is 13.5. The summed E-state index contributed by atoms with van der Waals surface area (Å²) in [6.07, 6.45) is 0.177. The number of benzene rings is 2. The fourth-order valence-corrected chi connectivity index (χ4v) is 9.29. The highest BCUT2D eigenvalue weighted by Gasteiger charge is 2.80. The minimum absolute atomic E-state index is 0.110. The van der Waals surface area contributed by atoms with Crippen molar-refractivity contribution in [2.24, 2.45) is 22.7 Å². The van der Waals surface area contributed by atoms with E-state index in [1.54, 1.807) is 38.1 Å². The van der Waals surface area contributed by atoms with Crippen LogP contribution in [0.1, 0.15) is 45.0 Å². The van der Waals surface area contributed by atoms with Gasteiger partial charge in [0.25, 0.3) is 0 Å². The standard InChI is InChI=1S/C35H38F2N2O5/c1-19-11-12-32(2)26(13-19)27(36)15-25-24-16-30-35(29(42)18-40,33(24,3)17-28(41)34(25,32)37)44-31(43-30)20-7-9-22(10-8-20)39-23-6-4-5-21(38)14-23/h4-14,24-25,27-28,30-31,39-41H,1,15-18,38H2,2-3H3/t24-,25-,27-,28-,30+,31+,32-,33-,34-,35+/m0/s1. The molecule has 2 aromatic rings. The van der Waals surface area contributed by atoms with Crippen molar-refractivity contribution >= 4 is 22.8 Å². The first-order chi connectivity index (χ1) is 20.9. The number of allylic oxidation sites excluding steroid dienone is 5. The Morgan fingerprint density at radius 3 is 2.59 bits per heavy atom. The number of fused-ring (bicyclic) bond motifs is 7. The lowest BCUT2D eigenvalue weighted by Gasteiger charge is -2.63. The number of rotatable bonds is 5. The van der Waals surface area contributed by atoms with Gasteiger partial charge >= 0.3 is 0 Å². The number of aliphatic hydroxyl groups excluding tert-OH is 2. The first kappa shape index (κ1) is 29.3. The Balaban J connectivity index is 1.21. The smallest absolute Gasteiger partial charge is 0.193 e. The Morgan fingerprint density at radius 2 is 1.89 bits per heavy atom. The number of alkyl halides is 2. The van der Waals surface area contributed by atoms with E-state index in [4.69, 9.17) is 15.2 Å². The zero-order valence-corrected chi connectivity index (χ0v) is 24.8. The van der Waals surface area contributed by atoms with Gasteiger partial charge < -0.3 is 30.7 Å². The number of carbonyl (C=O) groups excluding carboxylic acids is 1. The molecule has 0 amide bonds. The number of halogens is 2. The lowest BCUT2D eigenvalue weighted by Crippen LogP contribution is -2.70. The van der Waals surface area contributed by atoms with Crippen LogP contribution in [0.15, 0.2) is 84.5 Å². The van der Waals surface area contributed by atoms with Gasteiger partial charge in [0.15, 0.2) is 23.3 Å². The van der Waals surface area contributed by atoms with E-state index < -0.39 is 71.0 Å². The molecule has 0 bridgehead atoms. The number of aliphatic hydroxyl groups is 2. The number of nitrogen functional groups attached to an aromatic ring is 1. The summed E-state index contributed by atoms with van der Waals surface area (Å²) in [4.78, 5) is 13.7. The van der Waals surface area contributed by atoms with Gasteiger partial charge in [0, 0.05) is 39.4 Å². The molecule has 232 valence electrons. The van der Waals surface area contributed by atoms with Gasteiger partial charge in [-0.05, 0) is 73.6 Å². The predicted octanol–water partition coefficient (Wildman–Crippen LogP) is 5.64. The predicted molar refractivity (Wildman–Crippen MR) is 162 cm³/mol. The average molecular weight is 605 g/mol. The van der Waals surface area contributed by atoms with Crippen molar-refractivity contribution in [3.63, 3.8) is 0 Å². The van der Waals surface area contributed by atoms with Gasteiger partial charge in [-0.25, -0.2) is 8.78 Å². The third-order valence-corrected chi connectivity index (χ3v) is 11.4. The number of anilines is 3. The summed E-state index contributed by atoms with van der Waals surface area (Å²) >= 11 is 0. The highest BCUT2D eigenvalue weighted by molar-refractivity contribution is 5.91. The van der Waals surface area contributed by atoms with E-state index in [9.17, 15) is 15.0 Å². The van der Waals surface area contributed by atoms with Crippen molar-refractivity contribution in [3.8, 4) is 0 Å². The SMILES string of the molecule is C=C1C=C[C@@]2(C)C(=C1)[C@@H](F)C[C@H]1[C@@H]3C[C@H]4O[C@@H](c5ccc(Nc6cccc(N)c6)cc5)O[C@@]4(C(=O)CO)[C@@]3(C)C[C@H](O)[C@@]12F. The van der Waals surface area contributed by atoms with E-state index in [1.165, 1.54) is 0 Å². The Labute approximate surface area is 255 Å². The van der Waals surface area contributed by atoms with Gasteiger partial charge in [0.05, 0.1) is 12.2 Å². The molecule has 2 aromatic carbocycles. The zero-order chi connectivity index (χ0) is 31.2. The van der Waals surface area contributed by atoms with Crippen LogP contribution in [-0.2, 0) is 14.3 Å². The molecule has 44 heavy (non-hydrogen) atoms. The lowest BCUT2D eigenvalue weighted by atomic mass is 9.44. The summed E-state index contributed by atoms with van der Waals surface area (Å²) < 4.78 is 46.5. The molecule has 10 atom stereocenters. The number of Topliss-reactive ketones (excluding diaryl/α,β-unsaturated/α-hetero) is 1. The molecule has 0 aromatic heterocycles. The monoisotopic (exact) mass is 604 g/mol. The maximum absolute atomic E-state index is 17.6.